The van der Waals surface area contributed by atoms with E-state index in [1.807, 2.05) is 76.7 Å². The molecule has 21 heteroatoms. The molecule has 1 amide bonds. The molecule has 0 aliphatic heterocycles. The van der Waals surface area contributed by atoms with Crippen molar-refractivity contribution < 1.29 is 24.2 Å². The zero-order valence-electron chi connectivity index (χ0n) is 41.6. The fourth-order valence-electron chi connectivity index (χ4n) is 7.11. The number of benzene rings is 2. The molecule has 6 heterocycles. The summed E-state index contributed by atoms with van der Waals surface area (Å²) in [5, 5.41) is 24.9. The van der Waals surface area contributed by atoms with Crippen molar-refractivity contribution in [3.8, 4) is 22.8 Å². The number of carbonyl (C=O) groups is 2. The molecular formula is C48H64Cl2N12O5Si2. The number of hydrogen-bond acceptors (Lipinski definition) is 11. The second-order valence-electron chi connectivity index (χ2n) is 20.0. The highest BCUT2D eigenvalue weighted by Gasteiger charge is 2.23. The highest BCUT2D eigenvalue weighted by Crippen LogP contribution is 2.32. The van der Waals surface area contributed by atoms with E-state index in [1.165, 1.54) is 6.20 Å². The van der Waals surface area contributed by atoms with Crippen molar-refractivity contribution >= 4 is 95.4 Å². The molecule has 4 N–H and O–H groups in total. The van der Waals surface area contributed by atoms with Gasteiger partial charge in [-0.3, -0.25) is 14.2 Å². The van der Waals surface area contributed by atoms with Crippen molar-refractivity contribution in [1.82, 2.24) is 53.9 Å². The summed E-state index contributed by atoms with van der Waals surface area (Å²) in [5.41, 5.74) is 11.7. The third-order valence-electron chi connectivity index (χ3n) is 10.6. The molecule has 0 saturated heterocycles. The molecule has 8 aromatic rings. The maximum Gasteiger partial charge on any atom is 0.339 e. The van der Waals surface area contributed by atoms with Gasteiger partial charge >= 0.3 is 5.97 Å². The largest absolute Gasteiger partial charge is 0.478 e. The Labute approximate surface area is 414 Å². The molecule has 0 spiro atoms. The molecule has 0 aliphatic carbocycles. The van der Waals surface area contributed by atoms with Gasteiger partial charge in [0.15, 0.2) is 11.3 Å². The number of nitrogens with two attached hydrogens (primary N) is 1. The number of carbonyl (C=O) groups excluding carboxylic acids is 1. The van der Waals surface area contributed by atoms with E-state index in [0.29, 0.717) is 86.7 Å². The first kappa shape index (κ1) is 52.8. The fraction of sp³-hybridized carbons (Fsp3) is 0.417. The first-order chi connectivity index (χ1) is 32.4. The van der Waals surface area contributed by atoms with Crippen LogP contribution in [0.1, 0.15) is 48.4 Å². The summed E-state index contributed by atoms with van der Waals surface area (Å²) < 4.78 is 18.8. The first-order valence-electron chi connectivity index (χ1n) is 22.8. The lowest BCUT2D eigenvalue weighted by molar-refractivity contribution is 0.0695. The third-order valence-corrected chi connectivity index (χ3v) is 14.5. The van der Waals surface area contributed by atoms with E-state index >= 15 is 0 Å². The molecule has 6 aromatic heterocycles. The second-order valence-corrected chi connectivity index (χ2v) is 32.1. The Bertz CT molecular complexity index is 3110. The van der Waals surface area contributed by atoms with E-state index in [2.05, 4.69) is 69.7 Å². The van der Waals surface area contributed by atoms with Crippen LogP contribution in [0.5, 0.6) is 0 Å². The quantitative estimate of drug-likeness (QED) is 0.0648. The van der Waals surface area contributed by atoms with E-state index in [0.717, 1.165) is 33.9 Å². The predicted molar refractivity (Wildman–Crippen MR) is 282 cm³/mol. The van der Waals surface area contributed by atoms with Gasteiger partial charge in [0, 0.05) is 82.7 Å². The zero-order chi connectivity index (χ0) is 50.5. The number of nitrogens with one attached hydrogen (secondary N) is 1. The average molecular weight is 1020 g/mol. The SMILES string of the molecule is CC(C)N.CC(C)NC(=O)c1cn(COCC[Si](C)(C)C)c2ncc(-c3nn(C)c4cc(Cl)ccc34)nc12.Cn1nc(-c2cnc3c(n2)c(C(=O)O)cn3COCC[Si](C)(C)C)c2ccc(Cl)cc21. The van der Waals surface area contributed by atoms with Gasteiger partial charge in [0.2, 0.25) is 0 Å². The highest BCUT2D eigenvalue weighted by molar-refractivity contribution is 6.76. The van der Waals surface area contributed by atoms with E-state index in [-0.39, 0.29) is 24.2 Å². The van der Waals surface area contributed by atoms with Gasteiger partial charge in [0.25, 0.3) is 5.91 Å². The number of aromatic carboxylic acids is 1. The van der Waals surface area contributed by atoms with E-state index < -0.39 is 22.1 Å². The van der Waals surface area contributed by atoms with E-state index in [9.17, 15) is 14.7 Å². The standard InChI is InChI=1S/C24H31ClN6O2Si.C21H24ClN5O3Si.C3H9N/c1-15(2)27-24(32)18-13-31(14-33-9-10-34(4,5)6)23-22(18)28-19(12-26-23)21-17-8-7-16(25)11-20(17)30(3)29-21;1-26-17-9-13(22)5-6-14(17)18(25-26)16-10-23-20-19(24-16)15(21(28)29)11-27(20)12-30-7-8-31(2,3)4;1-3(2)4/h7-8,11-13,15H,9-10,14H2,1-6H3,(H,27,32);5-6,9-11H,7-8,12H2,1-4H3,(H,28,29);3H,4H2,1-2H3. The topological polar surface area (TPSA) is 208 Å². The van der Waals surface area contributed by atoms with Crippen LogP contribution in [0, 0.1) is 0 Å². The van der Waals surface area contributed by atoms with Gasteiger partial charge in [-0.1, -0.05) is 76.3 Å². The van der Waals surface area contributed by atoms with Crippen LogP contribution in [-0.2, 0) is 37.0 Å². The maximum absolute atomic E-state index is 13.0. The van der Waals surface area contributed by atoms with Crippen molar-refractivity contribution in [2.24, 2.45) is 19.8 Å². The smallest absolute Gasteiger partial charge is 0.339 e. The number of aromatic nitrogens is 10. The van der Waals surface area contributed by atoms with Gasteiger partial charge < -0.3 is 34.8 Å². The fourth-order valence-corrected chi connectivity index (χ4v) is 8.96. The van der Waals surface area contributed by atoms with Crippen molar-refractivity contribution in [3.63, 3.8) is 0 Å². The number of nitrogens with zero attached hydrogens (tertiary/aromatic N) is 10. The van der Waals surface area contributed by atoms with Crippen molar-refractivity contribution in [2.75, 3.05) is 13.2 Å². The Balaban J connectivity index is 0.000000211. The summed E-state index contributed by atoms with van der Waals surface area (Å²) in [6, 6.07) is 13.6. The molecule has 17 nitrogen and oxygen atoms in total. The number of halogens is 2. The number of carboxylic acids is 1. The molecule has 0 atom stereocenters. The Morgan fingerprint density at radius 3 is 1.51 bits per heavy atom. The first-order valence-corrected chi connectivity index (χ1v) is 31.0. The number of fused-ring (bicyclic) bond motifs is 4. The van der Waals surface area contributed by atoms with Crippen LogP contribution in [0.25, 0.3) is 66.9 Å². The summed E-state index contributed by atoms with van der Waals surface area (Å²) in [6.45, 7) is 23.4. The second kappa shape index (κ2) is 22.0. The Morgan fingerprint density at radius 2 is 1.12 bits per heavy atom. The third kappa shape index (κ3) is 13.4. The highest BCUT2D eigenvalue weighted by atomic mass is 35.5. The number of carboxylic acid groups (broad SMARTS) is 1. The van der Waals surface area contributed by atoms with Crippen LogP contribution >= 0.6 is 23.2 Å². The summed E-state index contributed by atoms with van der Waals surface area (Å²) in [5.74, 6) is -1.25. The Kier molecular flexibility index (Phi) is 16.9. The number of rotatable bonds is 15. The molecule has 0 aliphatic rings. The van der Waals surface area contributed by atoms with Gasteiger partial charge in [-0.25, -0.2) is 24.7 Å². The average Bonchev–Trinajstić information content (AvgIpc) is 4.00. The summed E-state index contributed by atoms with van der Waals surface area (Å²) >= 11 is 12.3. The lowest BCUT2D eigenvalue weighted by atomic mass is 10.1. The maximum atomic E-state index is 13.0. The minimum atomic E-state index is -1.20. The molecule has 8 rings (SSSR count). The molecule has 2 aromatic carbocycles. The zero-order valence-corrected chi connectivity index (χ0v) is 45.1. The van der Waals surface area contributed by atoms with Crippen LogP contribution in [0.15, 0.2) is 61.2 Å². The van der Waals surface area contributed by atoms with Gasteiger partial charge in [0.1, 0.15) is 52.8 Å². The van der Waals surface area contributed by atoms with Gasteiger partial charge in [-0.05, 0) is 68.4 Å². The van der Waals surface area contributed by atoms with Crippen LogP contribution in [0.3, 0.4) is 0 Å². The summed E-state index contributed by atoms with van der Waals surface area (Å²) in [4.78, 5) is 43.5. The van der Waals surface area contributed by atoms with Crippen molar-refractivity contribution in [1.29, 1.82) is 0 Å². The van der Waals surface area contributed by atoms with Crippen LogP contribution in [0.4, 0.5) is 0 Å². The van der Waals surface area contributed by atoms with Gasteiger partial charge in [-0.2, -0.15) is 10.2 Å². The van der Waals surface area contributed by atoms with Crippen molar-refractivity contribution in [2.45, 2.75) is 105 Å². The van der Waals surface area contributed by atoms with Gasteiger partial charge in [-0.15, -0.1) is 0 Å². The number of amides is 1. The lowest BCUT2D eigenvalue weighted by Gasteiger charge is -2.15. The molecular weight excluding hydrogens is 952 g/mol. The predicted octanol–water partition coefficient (Wildman–Crippen LogP) is 10.1. The van der Waals surface area contributed by atoms with Crippen LogP contribution < -0.4 is 11.1 Å². The molecule has 0 fully saturated rings. The van der Waals surface area contributed by atoms with E-state index in [4.69, 9.17) is 43.4 Å². The normalized spacial score (nSPS) is 12.0. The minimum absolute atomic E-state index is 0.000446. The molecule has 0 saturated carbocycles. The van der Waals surface area contributed by atoms with E-state index in [1.54, 1.807) is 38.6 Å². The molecule has 368 valence electrons. The monoisotopic (exact) mass is 1010 g/mol. The molecule has 0 bridgehead atoms. The summed E-state index contributed by atoms with van der Waals surface area (Å²) in [6.07, 6.45) is 6.61. The minimum Gasteiger partial charge on any atom is -0.478 e. The van der Waals surface area contributed by atoms with Crippen molar-refractivity contribution in [3.05, 3.63) is 82.4 Å². The number of aryl methyl sites for hydroxylation is 2. The number of hydrogen-bond donors (Lipinski definition) is 3. The van der Waals surface area contributed by atoms with Gasteiger partial charge in [0.05, 0.1) is 29.0 Å². The molecule has 0 unspecified atom stereocenters. The van der Waals surface area contributed by atoms with Crippen LogP contribution in [0.2, 0.25) is 61.4 Å². The Hall–Kier alpha value is -5.55. The van der Waals surface area contributed by atoms with Crippen LogP contribution in [-0.4, -0.2) is 107 Å². The summed E-state index contributed by atoms with van der Waals surface area (Å²) in [7, 11) is 1.29. The molecule has 69 heavy (non-hydrogen) atoms. The molecule has 0 radical (unpaired) electrons. The lowest BCUT2D eigenvalue weighted by Crippen LogP contribution is -2.30. The Morgan fingerprint density at radius 1 is 0.710 bits per heavy atom. The number of ether oxygens (including phenoxy) is 2.